The molecule has 6 heteroatoms. The van der Waals surface area contributed by atoms with Crippen molar-refractivity contribution in [2.75, 3.05) is 0 Å². The van der Waals surface area contributed by atoms with Crippen molar-refractivity contribution in [1.29, 1.82) is 0 Å². The molecule has 0 saturated carbocycles. The van der Waals surface area contributed by atoms with Gasteiger partial charge in [-0.15, -0.1) is 11.3 Å². The van der Waals surface area contributed by atoms with Crippen molar-refractivity contribution < 1.29 is 9.90 Å². The highest BCUT2D eigenvalue weighted by Gasteiger charge is 2.17. The van der Waals surface area contributed by atoms with Gasteiger partial charge in [-0.2, -0.15) is 5.10 Å². The SMILES string of the molecule is Cn1nccc1-c1nc(-c2ccccc2)c(CC(=O)O)s1. The molecule has 106 valence electrons. The van der Waals surface area contributed by atoms with E-state index in [9.17, 15) is 4.79 Å². The Morgan fingerprint density at radius 2 is 2.05 bits per heavy atom. The number of aliphatic carboxylic acids is 1. The lowest BCUT2D eigenvalue weighted by Gasteiger charge is -1.99. The molecule has 0 aliphatic rings. The van der Waals surface area contributed by atoms with E-state index in [4.69, 9.17) is 5.11 Å². The second-order valence-electron chi connectivity index (χ2n) is 4.57. The highest BCUT2D eigenvalue weighted by molar-refractivity contribution is 7.15. The van der Waals surface area contributed by atoms with Crippen molar-refractivity contribution in [2.45, 2.75) is 6.42 Å². The summed E-state index contributed by atoms with van der Waals surface area (Å²) in [6.45, 7) is 0. The minimum absolute atomic E-state index is 0.0280. The van der Waals surface area contributed by atoms with Crippen molar-refractivity contribution in [1.82, 2.24) is 14.8 Å². The van der Waals surface area contributed by atoms with E-state index in [0.29, 0.717) is 0 Å². The van der Waals surface area contributed by atoms with Crippen LogP contribution in [0.2, 0.25) is 0 Å². The van der Waals surface area contributed by atoms with Gasteiger partial charge in [-0.1, -0.05) is 30.3 Å². The molecule has 3 rings (SSSR count). The van der Waals surface area contributed by atoms with Crippen molar-refractivity contribution in [3.8, 4) is 22.0 Å². The number of carboxylic acid groups (broad SMARTS) is 1. The van der Waals surface area contributed by atoms with Crippen LogP contribution in [0, 0.1) is 0 Å². The van der Waals surface area contributed by atoms with E-state index < -0.39 is 5.97 Å². The van der Waals surface area contributed by atoms with Gasteiger partial charge in [0.25, 0.3) is 0 Å². The van der Waals surface area contributed by atoms with Crippen LogP contribution in [0.4, 0.5) is 0 Å². The van der Waals surface area contributed by atoms with Gasteiger partial charge in [0.2, 0.25) is 0 Å². The Labute approximate surface area is 125 Å². The number of carboxylic acids is 1. The monoisotopic (exact) mass is 299 g/mol. The lowest BCUT2D eigenvalue weighted by molar-refractivity contribution is -0.136. The molecular weight excluding hydrogens is 286 g/mol. The van der Waals surface area contributed by atoms with Crippen LogP contribution in [0.25, 0.3) is 22.0 Å². The van der Waals surface area contributed by atoms with Crippen LogP contribution < -0.4 is 0 Å². The molecule has 1 N–H and O–H groups in total. The maximum Gasteiger partial charge on any atom is 0.308 e. The highest BCUT2D eigenvalue weighted by atomic mass is 32.1. The van der Waals surface area contributed by atoms with Gasteiger partial charge < -0.3 is 5.11 Å². The molecule has 0 unspecified atom stereocenters. The average Bonchev–Trinajstić information content (AvgIpc) is 3.05. The summed E-state index contributed by atoms with van der Waals surface area (Å²) in [4.78, 5) is 16.5. The van der Waals surface area contributed by atoms with E-state index >= 15 is 0 Å². The predicted octanol–water partition coefficient (Wildman–Crippen LogP) is 2.84. The number of benzene rings is 1. The summed E-state index contributed by atoms with van der Waals surface area (Å²) in [6, 6.07) is 11.5. The van der Waals surface area contributed by atoms with E-state index in [0.717, 1.165) is 26.8 Å². The smallest absolute Gasteiger partial charge is 0.308 e. The van der Waals surface area contributed by atoms with Gasteiger partial charge in [0.15, 0.2) is 0 Å². The number of thiazole rings is 1. The Bertz CT molecular complexity index is 777. The fourth-order valence-electron chi connectivity index (χ4n) is 2.12. The molecule has 2 aromatic heterocycles. The molecule has 2 heterocycles. The molecule has 0 fully saturated rings. The summed E-state index contributed by atoms with van der Waals surface area (Å²) in [6.07, 6.45) is 1.68. The minimum Gasteiger partial charge on any atom is -0.481 e. The molecule has 0 spiro atoms. The first-order chi connectivity index (χ1) is 10.1. The zero-order chi connectivity index (χ0) is 14.8. The van der Waals surface area contributed by atoms with Crippen molar-refractivity contribution >= 4 is 17.3 Å². The van der Waals surface area contributed by atoms with Gasteiger partial charge in [0, 0.05) is 23.7 Å². The molecule has 0 radical (unpaired) electrons. The van der Waals surface area contributed by atoms with Crippen molar-refractivity contribution in [3.63, 3.8) is 0 Å². The van der Waals surface area contributed by atoms with Gasteiger partial charge in [0.1, 0.15) is 5.01 Å². The average molecular weight is 299 g/mol. The number of nitrogens with zero attached hydrogens (tertiary/aromatic N) is 3. The highest BCUT2D eigenvalue weighted by Crippen LogP contribution is 2.33. The molecule has 0 aliphatic heterocycles. The van der Waals surface area contributed by atoms with Gasteiger partial charge >= 0.3 is 5.97 Å². The largest absolute Gasteiger partial charge is 0.481 e. The second kappa shape index (κ2) is 5.49. The molecule has 0 amide bonds. The third-order valence-corrected chi connectivity index (χ3v) is 4.17. The second-order valence-corrected chi connectivity index (χ2v) is 5.65. The molecule has 0 aliphatic carbocycles. The molecule has 5 nitrogen and oxygen atoms in total. The lowest BCUT2D eigenvalue weighted by Crippen LogP contribution is -1.99. The van der Waals surface area contributed by atoms with Crippen LogP contribution in [0.5, 0.6) is 0 Å². The van der Waals surface area contributed by atoms with Crippen LogP contribution in [-0.2, 0) is 18.3 Å². The van der Waals surface area contributed by atoms with Gasteiger partial charge in [0.05, 0.1) is 17.8 Å². The molecule has 3 aromatic rings. The standard InChI is InChI=1S/C15H13N3O2S/c1-18-11(7-8-16-18)15-17-14(10-5-3-2-4-6-10)12(21-15)9-13(19)20/h2-8H,9H2,1H3,(H,19,20). The summed E-state index contributed by atoms with van der Waals surface area (Å²) in [5, 5.41) is 14.0. The van der Waals surface area contributed by atoms with Crippen molar-refractivity contribution in [3.05, 3.63) is 47.5 Å². The first-order valence-electron chi connectivity index (χ1n) is 6.40. The van der Waals surface area contributed by atoms with E-state index in [1.54, 1.807) is 10.9 Å². The normalized spacial score (nSPS) is 10.7. The summed E-state index contributed by atoms with van der Waals surface area (Å²) in [7, 11) is 1.84. The lowest BCUT2D eigenvalue weighted by atomic mass is 10.1. The van der Waals surface area contributed by atoms with Crippen LogP contribution in [0.15, 0.2) is 42.6 Å². The van der Waals surface area contributed by atoms with Crippen LogP contribution in [-0.4, -0.2) is 25.8 Å². The number of aryl methyl sites for hydroxylation is 1. The maximum atomic E-state index is 11.1. The summed E-state index contributed by atoms with van der Waals surface area (Å²) in [5.74, 6) is -0.854. The summed E-state index contributed by atoms with van der Waals surface area (Å²) in [5.41, 5.74) is 2.55. The zero-order valence-electron chi connectivity index (χ0n) is 11.4. The molecule has 21 heavy (non-hydrogen) atoms. The molecule has 0 saturated heterocycles. The van der Waals surface area contributed by atoms with Gasteiger partial charge in [-0.25, -0.2) is 4.98 Å². The van der Waals surface area contributed by atoms with Crippen LogP contribution in [0.3, 0.4) is 0 Å². The third kappa shape index (κ3) is 2.71. The first-order valence-corrected chi connectivity index (χ1v) is 7.22. The number of rotatable bonds is 4. The number of hydrogen-bond acceptors (Lipinski definition) is 4. The predicted molar refractivity (Wildman–Crippen MR) is 81.1 cm³/mol. The first kappa shape index (κ1) is 13.5. The number of aromatic nitrogens is 3. The number of hydrogen-bond donors (Lipinski definition) is 1. The van der Waals surface area contributed by atoms with Gasteiger partial charge in [-0.3, -0.25) is 9.48 Å². The van der Waals surface area contributed by atoms with E-state index in [2.05, 4.69) is 10.1 Å². The van der Waals surface area contributed by atoms with E-state index in [1.165, 1.54) is 11.3 Å². The zero-order valence-corrected chi connectivity index (χ0v) is 12.2. The Kier molecular flexibility index (Phi) is 3.53. The molecule has 0 atom stereocenters. The Hall–Kier alpha value is -2.47. The Morgan fingerprint density at radius 1 is 1.29 bits per heavy atom. The minimum atomic E-state index is -0.854. The van der Waals surface area contributed by atoms with E-state index in [-0.39, 0.29) is 6.42 Å². The number of carbonyl (C=O) groups is 1. The quantitative estimate of drug-likeness (QED) is 0.804. The van der Waals surface area contributed by atoms with Crippen LogP contribution >= 0.6 is 11.3 Å². The molecule has 0 bridgehead atoms. The maximum absolute atomic E-state index is 11.1. The Balaban J connectivity index is 2.12. The summed E-state index contributed by atoms with van der Waals surface area (Å²) >= 11 is 1.40. The fourth-order valence-corrected chi connectivity index (χ4v) is 3.25. The van der Waals surface area contributed by atoms with Crippen LogP contribution in [0.1, 0.15) is 4.88 Å². The topological polar surface area (TPSA) is 68.0 Å². The van der Waals surface area contributed by atoms with Gasteiger partial charge in [-0.05, 0) is 6.07 Å². The fraction of sp³-hybridized carbons (Fsp3) is 0.133. The Morgan fingerprint density at radius 3 is 2.67 bits per heavy atom. The molecule has 1 aromatic carbocycles. The summed E-state index contributed by atoms with van der Waals surface area (Å²) < 4.78 is 1.73. The third-order valence-electron chi connectivity index (χ3n) is 3.10. The molecular formula is C15H13N3O2S. The van der Waals surface area contributed by atoms with E-state index in [1.807, 2.05) is 43.4 Å². The van der Waals surface area contributed by atoms with Crippen molar-refractivity contribution in [2.24, 2.45) is 7.05 Å².